The summed E-state index contributed by atoms with van der Waals surface area (Å²) in [6.07, 6.45) is 1.14. The predicted octanol–water partition coefficient (Wildman–Crippen LogP) is 2.06. The molecule has 0 radical (unpaired) electrons. The first-order valence-corrected chi connectivity index (χ1v) is 5.25. The maximum absolute atomic E-state index is 11.5. The second kappa shape index (κ2) is 5.95. The third kappa shape index (κ3) is 3.77. The zero-order valence-corrected chi connectivity index (χ0v) is 9.69. The largest absolute Gasteiger partial charge is 0.481 e. The maximum atomic E-state index is 11.5. The zero-order chi connectivity index (χ0) is 12.0. The molecule has 3 heteroatoms. The lowest BCUT2D eigenvalue weighted by Gasteiger charge is -2.14. The third-order valence-corrected chi connectivity index (χ3v) is 2.09. The van der Waals surface area contributed by atoms with Crippen LogP contribution in [-0.2, 0) is 4.79 Å². The fraction of sp³-hybridized carbons (Fsp3) is 0.308. The highest BCUT2D eigenvalue weighted by Gasteiger charge is 2.13. The molecule has 0 aliphatic rings. The SMILES string of the molecule is C=CCNC(=O)C(C)Oc1cccc(C)c1. The van der Waals surface area contributed by atoms with E-state index in [1.54, 1.807) is 13.0 Å². The van der Waals surface area contributed by atoms with Gasteiger partial charge >= 0.3 is 0 Å². The van der Waals surface area contributed by atoms with Crippen LogP contribution >= 0.6 is 0 Å². The van der Waals surface area contributed by atoms with E-state index in [2.05, 4.69) is 11.9 Å². The fourth-order valence-corrected chi connectivity index (χ4v) is 1.26. The Morgan fingerprint density at radius 2 is 2.38 bits per heavy atom. The van der Waals surface area contributed by atoms with Crippen LogP contribution in [0.3, 0.4) is 0 Å². The lowest BCUT2D eigenvalue weighted by molar-refractivity contribution is -0.127. The predicted molar refractivity (Wildman–Crippen MR) is 64.5 cm³/mol. The van der Waals surface area contributed by atoms with Crippen molar-refractivity contribution in [1.82, 2.24) is 5.32 Å². The van der Waals surface area contributed by atoms with Crippen LogP contribution in [0.15, 0.2) is 36.9 Å². The summed E-state index contributed by atoms with van der Waals surface area (Å²) in [5.74, 6) is 0.572. The molecule has 16 heavy (non-hydrogen) atoms. The van der Waals surface area contributed by atoms with E-state index in [4.69, 9.17) is 4.74 Å². The summed E-state index contributed by atoms with van der Waals surface area (Å²) < 4.78 is 5.51. The minimum Gasteiger partial charge on any atom is -0.481 e. The fourth-order valence-electron chi connectivity index (χ4n) is 1.26. The van der Waals surface area contributed by atoms with Crippen LogP contribution in [0.1, 0.15) is 12.5 Å². The van der Waals surface area contributed by atoms with E-state index in [1.165, 1.54) is 0 Å². The molecule has 0 aliphatic carbocycles. The highest BCUT2D eigenvalue weighted by Crippen LogP contribution is 2.14. The molecule has 1 aromatic carbocycles. The molecule has 3 nitrogen and oxygen atoms in total. The smallest absolute Gasteiger partial charge is 0.261 e. The highest BCUT2D eigenvalue weighted by molar-refractivity contribution is 5.80. The van der Waals surface area contributed by atoms with Crippen molar-refractivity contribution in [2.45, 2.75) is 20.0 Å². The van der Waals surface area contributed by atoms with E-state index in [9.17, 15) is 4.79 Å². The number of benzene rings is 1. The number of aryl methyl sites for hydroxylation is 1. The van der Waals surface area contributed by atoms with Crippen molar-refractivity contribution >= 4 is 5.91 Å². The second-order valence-corrected chi connectivity index (χ2v) is 3.61. The van der Waals surface area contributed by atoms with E-state index < -0.39 is 6.10 Å². The summed E-state index contributed by atoms with van der Waals surface area (Å²) in [5.41, 5.74) is 1.11. The highest BCUT2D eigenvalue weighted by atomic mass is 16.5. The Bertz CT molecular complexity index is 374. The van der Waals surface area contributed by atoms with Gasteiger partial charge in [-0.15, -0.1) is 6.58 Å². The Kier molecular flexibility index (Phi) is 4.58. The number of carbonyl (C=O) groups excluding carboxylic acids is 1. The molecule has 0 fully saturated rings. The summed E-state index contributed by atoms with van der Waals surface area (Å²) >= 11 is 0. The Balaban J connectivity index is 2.53. The van der Waals surface area contributed by atoms with E-state index in [-0.39, 0.29) is 5.91 Å². The molecule has 0 bridgehead atoms. The summed E-state index contributed by atoms with van der Waals surface area (Å²) in [6.45, 7) is 7.70. The van der Waals surface area contributed by atoms with Gasteiger partial charge in [0.2, 0.25) is 0 Å². The minimum absolute atomic E-state index is 0.138. The molecule has 1 rings (SSSR count). The van der Waals surface area contributed by atoms with E-state index >= 15 is 0 Å². The lowest BCUT2D eigenvalue weighted by Crippen LogP contribution is -2.36. The van der Waals surface area contributed by atoms with Crippen molar-refractivity contribution in [3.63, 3.8) is 0 Å². The number of carbonyl (C=O) groups is 1. The Morgan fingerprint density at radius 3 is 3.00 bits per heavy atom. The van der Waals surface area contributed by atoms with E-state index in [0.29, 0.717) is 12.3 Å². The number of hydrogen-bond acceptors (Lipinski definition) is 2. The molecule has 0 saturated heterocycles. The minimum atomic E-state index is -0.498. The first-order valence-electron chi connectivity index (χ1n) is 5.25. The molecule has 0 saturated carbocycles. The quantitative estimate of drug-likeness (QED) is 0.770. The van der Waals surface area contributed by atoms with Crippen LogP contribution in [-0.4, -0.2) is 18.6 Å². The lowest BCUT2D eigenvalue weighted by atomic mass is 10.2. The zero-order valence-electron chi connectivity index (χ0n) is 9.69. The van der Waals surface area contributed by atoms with Crippen molar-refractivity contribution in [2.75, 3.05) is 6.54 Å². The summed E-state index contributed by atoms with van der Waals surface area (Å²) in [7, 11) is 0. The van der Waals surface area contributed by atoms with Crippen molar-refractivity contribution in [1.29, 1.82) is 0 Å². The average molecular weight is 219 g/mol. The van der Waals surface area contributed by atoms with Crippen LogP contribution in [0.2, 0.25) is 0 Å². The van der Waals surface area contributed by atoms with Gasteiger partial charge in [0.1, 0.15) is 5.75 Å². The Morgan fingerprint density at radius 1 is 1.62 bits per heavy atom. The van der Waals surface area contributed by atoms with Gasteiger partial charge in [0.15, 0.2) is 6.10 Å². The van der Waals surface area contributed by atoms with Crippen LogP contribution in [0.4, 0.5) is 0 Å². The molecule has 1 N–H and O–H groups in total. The molecule has 0 aromatic heterocycles. The van der Waals surface area contributed by atoms with Gasteiger partial charge < -0.3 is 10.1 Å². The number of nitrogens with one attached hydrogen (secondary N) is 1. The maximum Gasteiger partial charge on any atom is 0.261 e. The van der Waals surface area contributed by atoms with Gasteiger partial charge in [-0.25, -0.2) is 0 Å². The van der Waals surface area contributed by atoms with Gasteiger partial charge in [-0.3, -0.25) is 4.79 Å². The topological polar surface area (TPSA) is 38.3 Å². The van der Waals surface area contributed by atoms with Crippen LogP contribution in [0.25, 0.3) is 0 Å². The van der Waals surface area contributed by atoms with Crippen molar-refractivity contribution in [3.8, 4) is 5.75 Å². The van der Waals surface area contributed by atoms with Crippen LogP contribution < -0.4 is 10.1 Å². The van der Waals surface area contributed by atoms with Gasteiger partial charge in [0, 0.05) is 6.54 Å². The van der Waals surface area contributed by atoms with Crippen molar-refractivity contribution in [2.24, 2.45) is 0 Å². The van der Waals surface area contributed by atoms with Gasteiger partial charge in [-0.05, 0) is 31.5 Å². The molecule has 1 aromatic rings. The Labute approximate surface area is 96.1 Å². The normalized spacial score (nSPS) is 11.6. The first kappa shape index (κ1) is 12.3. The van der Waals surface area contributed by atoms with Gasteiger partial charge in [0.05, 0.1) is 0 Å². The van der Waals surface area contributed by atoms with Crippen LogP contribution in [0.5, 0.6) is 5.75 Å². The molecular weight excluding hydrogens is 202 g/mol. The Hall–Kier alpha value is -1.77. The van der Waals surface area contributed by atoms with Crippen LogP contribution in [0, 0.1) is 6.92 Å². The standard InChI is InChI=1S/C13H17NO2/c1-4-8-14-13(15)11(3)16-12-7-5-6-10(2)9-12/h4-7,9,11H,1,8H2,2-3H3,(H,14,15). The summed E-state index contributed by atoms with van der Waals surface area (Å²) in [5, 5.41) is 2.68. The monoisotopic (exact) mass is 219 g/mol. The molecule has 0 heterocycles. The molecule has 0 spiro atoms. The van der Waals surface area contributed by atoms with Gasteiger partial charge in [0.25, 0.3) is 5.91 Å². The van der Waals surface area contributed by atoms with Crippen molar-refractivity contribution < 1.29 is 9.53 Å². The molecule has 86 valence electrons. The number of ether oxygens (including phenoxy) is 1. The third-order valence-electron chi connectivity index (χ3n) is 2.09. The second-order valence-electron chi connectivity index (χ2n) is 3.61. The molecule has 1 unspecified atom stereocenters. The molecular formula is C13H17NO2. The first-order chi connectivity index (χ1) is 7.63. The molecule has 1 amide bonds. The molecule has 0 aliphatic heterocycles. The number of rotatable bonds is 5. The summed E-state index contributed by atoms with van der Waals surface area (Å²) in [4.78, 5) is 11.5. The molecule has 1 atom stereocenters. The van der Waals surface area contributed by atoms with E-state index in [0.717, 1.165) is 5.56 Å². The van der Waals surface area contributed by atoms with Crippen molar-refractivity contribution in [3.05, 3.63) is 42.5 Å². The number of amides is 1. The van der Waals surface area contributed by atoms with E-state index in [1.807, 2.05) is 31.2 Å². The number of hydrogen-bond donors (Lipinski definition) is 1. The average Bonchev–Trinajstić information content (AvgIpc) is 2.25. The van der Waals surface area contributed by atoms with Gasteiger partial charge in [-0.2, -0.15) is 0 Å². The van der Waals surface area contributed by atoms with Gasteiger partial charge in [-0.1, -0.05) is 18.2 Å². The summed E-state index contributed by atoms with van der Waals surface area (Å²) in [6, 6.07) is 7.62.